The maximum atomic E-state index is 13.0. The summed E-state index contributed by atoms with van der Waals surface area (Å²) in [6.45, 7) is 10.8. The fourth-order valence-corrected chi connectivity index (χ4v) is 12.9. The zero-order valence-electron chi connectivity index (χ0n) is 50.2. The Kier molecular flexibility index (Phi) is 27.9. The summed E-state index contributed by atoms with van der Waals surface area (Å²) in [5.74, 6) is 3.05. The van der Waals surface area contributed by atoms with Gasteiger partial charge in [-0.15, -0.1) is 0 Å². The number of carbonyl (C=O) groups is 3. The molecule has 25 nitrogen and oxygen atoms in total. The highest BCUT2D eigenvalue weighted by Crippen LogP contribution is 2.38. The van der Waals surface area contributed by atoms with E-state index in [1.54, 1.807) is 43.8 Å². The van der Waals surface area contributed by atoms with Crippen LogP contribution < -0.4 is 21.1 Å². The molecular weight excluding hydrogens is 1190 g/mol. The number of aliphatic hydroxyl groups is 3. The number of carbonyl (C=O) groups excluding carboxylic acids is 3. The first-order chi connectivity index (χ1) is 42.5. The molecule has 0 bridgehead atoms. The van der Waals surface area contributed by atoms with Gasteiger partial charge in [0.15, 0.2) is 17.3 Å². The standard InChI is InChI=1S/C21H27N3O3.C20H25N3O4.C19H24N4O7S.C2H6O.3CH4/c1-3-14-8-16(7-13(14)2)24-21-17(10-22-12-23-21)20(25)19-9-15(11-27-19)18-5-4-6-26-18;1-12-5-15(6-13(12)9-24)23-20-16(8-21-11-22-20)19(25)18-7-14(10-27-18)17-3-2-4-26-17;20-31(26,27)30-9-11-4-13(6-15(11)24)23-19-14(7-21-10-22-19)18(25)17-5-12(8-29-17)16-2-1-3-28-16;1-2-3;;;/h9-14,16,18H,3-8H2,1-2H3,(H,22,23,24);7-8,10-13,15,17,24H,2-6,9H2,1H3,(H,21,22,23);5,7-8,10-11,13,15-16,24H,1-4,6,9H2,(H2,20,26,27)(H,21,22,23);3H,2H2,1H3;3*1H4/t13-,14-,16-,18?;12-,13+,15-,17?;11-,13-,15+,16?;;;;/m001..../s1. The van der Waals surface area contributed by atoms with Crippen LogP contribution in [0.4, 0.5) is 17.5 Å². The van der Waals surface area contributed by atoms with E-state index >= 15 is 0 Å². The van der Waals surface area contributed by atoms with Crippen LogP contribution >= 0.6 is 0 Å². The van der Waals surface area contributed by atoms with Crippen LogP contribution in [0.25, 0.3) is 0 Å². The Morgan fingerprint density at radius 1 is 0.571 bits per heavy atom. The first kappa shape index (κ1) is 73.2. The van der Waals surface area contributed by atoms with Gasteiger partial charge in [0.05, 0.1) is 66.5 Å². The fourth-order valence-electron chi connectivity index (χ4n) is 12.6. The van der Waals surface area contributed by atoms with Gasteiger partial charge in [0.25, 0.3) is 0 Å². The van der Waals surface area contributed by atoms with Gasteiger partial charge in [-0.1, -0.05) is 49.5 Å². The third kappa shape index (κ3) is 19.4. The van der Waals surface area contributed by atoms with Crippen LogP contribution in [0, 0.1) is 29.6 Å². The van der Waals surface area contributed by atoms with Crippen molar-refractivity contribution in [2.24, 2.45) is 34.7 Å². The van der Waals surface area contributed by atoms with Crippen LogP contribution in [0.2, 0.25) is 0 Å². The first-order valence-corrected chi connectivity index (χ1v) is 32.0. The van der Waals surface area contributed by atoms with Crippen molar-refractivity contribution in [2.75, 3.05) is 55.6 Å². The minimum Gasteiger partial charge on any atom is -0.460 e. The molecule has 91 heavy (non-hydrogen) atoms. The molecule has 3 saturated heterocycles. The number of anilines is 3. The Morgan fingerprint density at radius 2 is 0.923 bits per heavy atom. The van der Waals surface area contributed by atoms with E-state index in [1.165, 1.54) is 44.1 Å². The van der Waals surface area contributed by atoms with E-state index in [9.17, 15) is 33.0 Å². The van der Waals surface area contributed by atoms with E-state index in [1.807, 2.05) is 0 Å². The molecule has 6 fully saturated rings. The Morgan fingerprint density at radius 3 is 1.24 bits per heavy atom. The number of ether oxygens (including phenoxy) is 3. The minimum absolute atomic E-state index is 0. The van der Waals surface area contributed by atoms with E-state index in [2.05, 4.69) is 70.8 Å². The zero-order valence-corrected chi connectivity index (χ0v) is 51.0. The van der Waals surface area contributed by atoms with Gasteiger partial charge in [0, 0.05) is 92.4 Å². The van der Waals surface area contributed by atoms with Gasteiger partial charge in [-0.25, -0.2) is 35.0 Å². The second kappa shape index (κ2) is 34.7. The average Bonchev–Trinajstić information content (AvgIpc) is 2.07. The summed E-state index contributed by atoms with van der Waals surface area (Å²) < 4.78 is 60.1. The zero-order chi connectivity index (χ0) is 62.3. The van der Waals surface area contributed by atoms with Crippen LogP contribution in [-0.4, -0.2) is 135 Å². The van der Waals surface area contributed by atoms with Crippen LogP contribution in [0.5, 0.6) is 0 Å². The number of aromatic nitrogens is 6. The van der Waals surface area contributed by atoms with E-state index in [-0.39, 0.29) is 113 Å². The Labute approximate surface area is 534 Å². The van der Waals surface area contributed by atoms with E-state index in [0.717, 1.165) is 100 Å². The molecule has 0 spiro atoms. The van der Waals surface area contributed by atoms with Crippen LogP contribution in [0.15, 0.2) is 87.8 Å². The lowest BCUT2D eigenvalue weighted by molar-refractivity contribution is 0.100. The van der Waals surface area contributed by atoms with Crippen molar-refractivity contribution in [1.29, 1.82) is 0 Å². The number of nitrogens with zero attached hydrogens (tertiary/aromatic N) is 6. The molecule has 3 unspecified atom stereocenters. The predicted octanol–water partition coefficient (Wildman–Crippen LogP) is 10.2. The van der Waals surface area contributed by atoms with Crippen molar-refractivity contribution >= 4 is 45.1 Å². The smallest absolute Gasteiger partial charge is 0.333 e. The topological polar surface area (TPSA) is 362 Å². The first-order valence-electron chi connectivity index (χ1n) is 30.5. The summed E-state index contributed by atoms with van der Waals surface area (Å²) in [6, 6.07) is 5.50. The van der Waals surface area contributed by atoms with Crippen molar-refractivity contribution in [3.63, 3.8) is 0 Å². The number of aliphatic hydroxyl groups excluding tert-OH is 3. The number of rotatable bonds is 20. The molecule has 6 aliphatic rings. The Balaban J connectivity index is 0.000000209. The van der Waals surface area contributed by atoms with Gasteiger partial charge in [-0.2, -0.15) is 8.42 Å². The van der Waals surface area contributed by atoms with Crippen LogP contribution in [0.1, 0.15) is 217 Å². The summed E-state index contributed by atoms with van der Waals surface area (Å²) in [4.78, 5) is 63.8. The highest BCUT2D eigenvalue weighted by atomic mass is 32.2. The lowest BCUT2D eigenvalue weighted by Gasteiger charge is -2.15. The number of furan rings is 3. The molecule has 26 heteroatoms. The molecule has 3 aliphatic carbocycles. The largest absolute Gasteiger partial charge is 0.460 e. The number of nitrogens with one attached hydrogen (secondary N) is 3. The van der Waals surface area contributed by atoms with Crippen LogP contribution in [0.3, 0.4) is 0 Å². The van der Waals surface area contributed by atoms with Crippen LogP contribution in [-0.2, 0) is 28.7 Å². The summed E-state index contributed by atoms with van der Waals surface area (Å²) in [7, 11) is -4.08. The van der Waals surface area contributed by atoms with E-state index < -0.39 is 22.3 Å². The summed E-state index contributed by atoms with van der Waals surface area (Å²) in [5, 5.41) is 42.1. The Bertz CT molecular complexity index is 3210. The molecular formula is C65H94N10O15S. The molecule has 12 atom stereocenters. The fraction of sp³-hybridized carbons (Fsp3) is 0.585. The molecule has 0 aromatic carbocycles. The molecule has 0 radical (unpaired) electrons. The van der Waals surface area contributed by atoms with Crippen molar-refractivity contribution in [1.82, 2.24) is 29.9 Å². The number of hydrogen-bond acceptors (Lipinski definition) is 24. The molecule has 9 heterocycles. The molecule has 12 rings (SSSR count). The molecule has 6 aromatic heterocycles. The van der Waals surface area contributed by atoms with Gasteiger partial charge in [-0.05, 0) is 126 Å². The highest BCUT2D eigenvalue weighted by molar-refractivity contribution is 7.84. The van der Waals surface area contributed by atoms with Gasteiger partial charge < -0.3 is 58.7 Å². The normalized spacial score (nSPS) is 25.6. The van der Waals surface area contributed by atoms with Gasteiger partial charge in [-0.3, -0.25) is 18.6 Å². The molecule has 3 aliphatic heterocycles. The molecule has 0 amide bonds. The van der Waals surface area contributed by atoms with Gasteiger partial charge >= 0.3 is 10.3 Å². The molecule has 500 valence electrons. The SMILES string of the molecule is C.C.C.CCO.CC[C@H]1C[C@@H](Nc2ncncc2C(=O)c2cc(C3CCCO3)co2)C[C@@H]1C.C[C@H]1C[C@H](Nc2ncncc2C(=O)c2cc(C3CCCO3)co2)C[C@@H]1CO.NS(=O)(=O)OC[C@H]1C[C@@H](Nc2ncncc2C(=O)c2cc(C3CCCO3)co2)C[C@@H]1O. The number of ketones is 3. The summed E-state index contributed by atoms with van der Waals surface area (Å²) in [5.41, 5.74) is 3.73. The highest BCUT2D eigenvalue weighted by Gasteiger charge is 2.37. The van der Waals surface area contributed by atoms with E-state index in [4.69, 9.17) is 37.7 Å². The minimum atomic E-state index is -4.08. The van der Waals surface area contributed by atoms with Gasteiger partial charge in [0.1, 0.15) is 36.4 Å². The predicted molar refractivity (Wildman–Crippen MR) is 340 cm³/mol. The van der Waals surface area contributed by atoms with Crippen molar-refractivity contribution in [2.45, 2.75) is 176 Å². The van der Waals surface area contributed by atoms with E-state index in [0.29, 0.717) is 71.7 Å². The Hall–Kier alpha value is -6.88. The summed E-state index contributed by atoms with van der Waals surface area (Å²) >= 11 is 0. The van der Waals surface area contributed by atoms with Gasteiger partial charge in [0.2, 0.25) is 17.3 Å². The molecule has 6 aromatic rings. The molecule has 3 saturated carbocycles. The monoisotopic (exact) mass is 1290 g/mol. The number of hydrogen-bond donors (Lipinski definition) is 7. The maximum Gasteiger partial charge on any atom is 0.333 e. The van der Waals surface area contributed by atoms with Crippen molar-refractivity contribution < 1.29 is 69.8 Å². The lowest BCUT2D eigenvalue weighted by Crippen LogP contribution is -2.24. The maximum absolute atomic E-state index is 13.0. The average molecular weight is 1290 g/mol. The summed E-state index contributed by atoms with van der Waals surface area (Å²) in [6.07, 6.45) is 24.4. The second-order valence-electron chi connectivity index (χ2n) is 23.5. The third-order valence-corrected chi connectivity index (χ3v) is 17.8. The number of nitrogens with two attached hydrogens (primary N) is 1. The second-order valence-corrected chi connectivity index (χ2v) is 24.7. The third-order valence-electron chi connectivity index (χ3n) is 17.3. The van der Waals surface area contributed by atoms with Crippen molar-refractivity contribution in [3.8, 4) is 0 Å². The van der Waals surface area contributed by atoms with Crippen molar-refractivity contribution in [3.05, 3.63) is 125 Å². The molecule has 8 N–H and O–H groups in total. The quantitative estimate of drug-likeness (QED) is 0.0349. The lowest BCUT2D eigenvalue weighted by atomic mass is 9.96.